The van der Waals surface area contributed by atoms with E-state index in [9.17, 15) is 14.4 Å². The monoisotopic (exact) mass is 323 g/mol. The Morgan fingerprint density at radius 2 is 1.67 bits per heavy atom. The molecule has 0 atom stereocenters. The topological polar surface area (TPSA) is 104 Å². The Bertz CT molecular complexity index is 977. The summed E-state index contributed by atoms with van der Waals surface area (Å²) in [4.78, 5) is 39.2. The van der Waals surface area contributed by atoms with Crippen molar-refractivity contribution < 1.29 is 9.53 Å². The van der Waals surface area contributed by atoms with Gasteiger partial charge in [-0.05, 0) is 24.3 Å². The molecule has 0 saturated heterocycles. The van der Waals surface area contributed by atoms with Crippen LogP contribution in [0, 0.1) is 0 Å². The largest absolute Gasteiger partial charge is 0.455 e. The highest BCUT2D eigenvalue weighted by molar-refractivity contribution is 6.04. The van der Waals surface area contributed by atoms with E-state index in [0.717, 1.165) is 6.20 Å². The molecule has 0 spiro atoms. The summed E-state index contributed by atoms with van der Waals surface area (Å²) in [5, 5.41) is 2.60. The maximum atomic E-state index is 12.2. The van der Waals surface area contributed by atoms with Crippen LogP contribution in [0.4, 0.5) is 5.69 Å². The van der Waals surface area contributed by atoms with Gasteiger partial charge in [-0.3, -0.25) is 14.6 Å². The quantitative estimate of drug-likeness (QED) is 0.684. The number of rotatable bonds is 4. The number of benzene rings is 2. The number of carbonyl (C=O) groups is 1. The molecular weight excluding hydrogens is 310 g/mol. The van der Waals surface area contributed by atoms with E-state index in [4.69, 9.17) is 4.74 Å². The Labute approximate surface area is 135 Å². The van der Waals surface area contributed by atoms with Gasteiger partial charge in [0.15, 0.2) is 5.75 Å². The van der Waals surface area contributed by atoms with Crippen LogP contribution < -0.4 is 21.3 Å². The highest BCUT2D eigenvalue weighted by Gasteiger charge is 2.13. The zero-order valence-electron chi connectivity index (χ0n) is 12.4. The van der Waals surface area contributed by atoms with E-state index < -0.39 is 17.2 Å². The van der Waals surface area contributed by atoms with Gasteiger partial charge >= 0.3 is 5.69 Å². The lowest BCUT2D eigenvalue weighted by Gasteiger charge is -2.11. The summed E-state index contributed by atoms with van der Waals surface area (Å²) in [6, 6.07) is 15.9. The fourth-order valence-corrected chi connectivity index (χ4v) is 2.04. The van der Waals surface area contributed by atoms with Gasteiger partial charge in [0.25, 0.3) is 11.5 Å². The molecule has 1 heterocycles. The molecule has 24 heavy (non-hydrogen) atoms. The van der Waals surface area contributed by atoms with Crippen LogP contribution in [0.5, 0.6) is 11.5 Å². The number of hydrogen-bond donors (Lipinski definition) is 3. The third-order valence-corrected chi connectivity index (χ3v) is 3.17. The van der Waals surface area contributed by atoms with Crippen molar-refractivity contribution in [1.82, 2.24) is 9.97 Å². The Balaban J connectivity index is 1.86. The van der Waals surface area contributed by atoms with Gasteiger partial charge in [-0.2, -0.15) is 0 Å². The molecule has 0 aliphatic carbocycles. The van der Waals surface area contributed by atoms with Crippen molar-refractivity contribution >= 4 is 11.6 Å². The number of carbonyl (C=O) groups excluding carboxylic acids is 1. The molecule has 3 rings (SSSR count). The van der Waals surface area contributed by atoms with E-state index in [1.807, 2.05) is 23.2 Å². The molecule has 7 heteroatoms. The highest BCUT2D eigenvalue weighted by Crippen LogP contribution is 2.29. The lowest BCUT2D eigenvalue weighted by atomic mass is 10.2. The van der Waals surface area contributed by atoms with E-state index in [0.29, 0.717) is 17.2 Å². The van der Waals surface area contributed by atoms with Crippen LogP contribution in [-0.2, 0) is 0 Å². The van der Waals surface area contributed by atoms with Gasteiger partial charge in [0.1, 0.15) is 11.3 Å². The standard InChI is InChI=1S/C17H13N3O4/c21-15(12-10-18-17(23)20-16(12)22)19-13-8-4-5-9-14(13)24-11-6-2-1-3-7-11/h1-10H,(H,19,21)(H2,18,20,22,23). The molecular formula is C17H13N3O4. The van der Waals surface area contributed by atoms with E-state index in [1.54, 1.807) is 36.4 Å². The van der Waals surface area contributed by atoms with E-state index in [2.05, 4.69) is 10.3 Å². The average molecular weight is 323 g/mol. The Morgan fingerprint density at radius 3 is 2.42 bits per heavy atom. The second-order valence-corrected chi connectivity index (χ2v) is 4.85. The van der Waals surface area contributed by atoms with Crippen molar-refractivity contribution in [3.05, 3.63) is 87.2 Å². The number of hydrogen-bond acceptors (Lipinski definition) is 4. The Kier molecular flexibility index (Phi) is 4.24. The van der Waals surface area contributed by atoms with Crippen LogP contribution in [0.25, 0.3) is 0 Å². The third kappa shape index (κ3) is 3.41. The molecule has 3 N–H and O–H groups in total. The zero-order valence-corrected chi connectivity index (χ0v) is 12.4. The predicted octanol–water partition coefficient (Wildman–Crippen LogP) is 2.11. The van der Waals surface area contributed by atoms with E-state index in [-0.39, 0.29) is 5.56 Å². The normalized spacial score (nSPS) is 10.2. The van der Waals surface area contributed by atoms with Crippen LogP contribution in [0.3, 0.4) is 0 Å². The first kappa shape index (κ1) is 15.3. The van der Waals surface area contributed by atoms with Crippen LogP contribution in [0.1, 0.15) is 10.4 Å². The third-order valence-electron chi connectivity index (χ3n) is 3.17. The van der Waals surface area contributed by atoms with Gasteiger partial charge in [0.05, 0.1) is 5.69 Å². The van der Waals surface area contributed by atoms with Crippen molar-refractivity contribution in [2.24, 2.45) is 0 Å². The van der Waals surface area contributed by atoms with Crippen LogP contribution in [0.2, 0.25) is 0 Å². The summed E-state index contributed by atoms with van der Waals surface area (Å²) < 4.78 is 5.74. The molecule has 0 bridgehead atoms. The SMILES string of the molecule is O=C(Nc1ccccc1Oc1ccccc1)c1c[nH]c(=O)[nH]c1=O. The second kappa shape index (κ2) is 6.66. The van der Waals surface area contributed by atoms with Crippen LogP contribution in [0.15, 0.2) is 70.4 Å². The molecule has 1 aromatic heterocycles. The fourth-order valence-electron chi connectivity index (χ4n) is 2.04. The van der Waals surface area contributed by atoms with Crippen molar-refractivity contribution in [3.8, 4) is 11.5 Å². The molecule has 0 fully saturated rings. The summed E-state index contributed by atoms with van der Waals surface area (Å²) in [6.45, 7) is 0. The lowest BCUT2D eigenvalue weighted by Crippen LogP contribution is -2.29. The Morgan fingerprint density at radius 1 is 0.958 bits per heavy atom. The molecule has 7 nitrogen and oxygen atoms in total. The molecule has 0 saturated carbocycles. The smallest absolute Gasteiger partial charge is 0.325 e. The minimum absolute atomic E-state index is 0.205. The summed E-state index contributed by atoms with van der Waals surface area (Å²) in [7, 11) is 0. The summed E-state index contributed by atoms with van der Waals surface area (Å²) in [6.07, 6.45) is 1.07. The number of amides is 1. The zero-order chi connectivity index (χ0) is 16.9. The number of H-pyrrole nitrogens is 2. The molecule has 0 aliphatic rings. The van der Waals surface area contributed by atoms with Crippen molar-refractivity contribution in [1.29, 1.82) is 0 Å². The lowest BCUT2D eigenvalue weighted by molar-refractivity contribution is 0.102. The molecule has 3 aromatic rings. The first-order chi connectivity index (χ1) is 11.6. The molecule has 1 amide bonds. The summed E-state index contributed by atoms with van der Waals surface area (Å²) in [5.41, 5.74) is -1.25. The first-order valence-corrected chi connectivity index (χ1v) is 7.09. The van der Waals surface area contributed by atoms with Gasteiger partial charge in [0, 0.05) is 6.20 Å². The van der Waals surface area contributed by atoms with Gasteiger partial charge in [-0.15, -0.1) is 0 Å². The van der Waals surface area contributed by atoms with Gasteiger partial charge in [-0.25, -0.2) is 4.79 Å². The maximum absolute atomic E-state index is 12.2. The van der Waals surface area contributed by atoms with Crippen molar-refractivity contribution in [2.45, 2.75) is 0 Å². The number of nitrogens with one attached hydrogen (secondary N) is 3. The molecule has 0 aliphatic heterocycles. The van der Waals surface area contributed by atoms with Crippen LogP contribution >= 0.6 is 0 Å². The number of para-hydroxylation sites is 3. The van der Waals surface area contributed by atoms with Gasteiger partial charge < -0.3 is 15.0 Å². The molecule has 120 valence electrons. The highest BCUT2D eigenvalue weighted by atomic mass is 16.5. The average Bonchev–Trinajstić information content (AvgIpc) is 2.57. The number of aromatic nitrogens is 2. The van der Waals surface area contributed by atoms with Gasteiger partial charge in [-0.1, -0.05) is 30.3 Å². The summed E-state index contributed by atoms with van der Waals surface area (Å²) >= 11 is 0. The number of aromatic amines is 2. The molecule has 0 unspecified atom stereocenters. The maximum Gasteiger partial charge on any atom is 0.325 e. The fraction of sp³-hybridized carbons (Fsp3) is 0. The number of anilines is 1. The minimum Gasteiger partial charge on any atom is -0.455 e. The predicted molar refractivity (Wildman–Crippen MR) is 88.6 cm³/mol. The number of ether oxygens (including phenoxy) is 1. The molecule has 0 radical (unpaired) electrons. The minimum atomic E-state index is -0.766. The van der Waals surface area contributed by atoms with Crippen LogP contribution in [-0.4, -0.2) is 15.9 Å². The van der Waals surface area contributed by atoms with E-state index >= 15 is 0 Å². The van der Waals surface area contributed by atoms with Crippen molar-refractivity contribution in [3.63, 3.8) is 0 Å². The van der Waals surface area contributed by atoms with Gasteiger partial charge in [0.2, 0.25) is 0 Å². The second-order valence-electron chi connectivity index (χ2n) is 4.85. The summed E-state index contributed by atoms with van der Waals surface area (Å²) in [5.74, 6) is 0.385. The van der Waals surface area contributed by atoms with Crippen molar-refractivity contribution in [2.75, 3.05) is 5.32 Å². The Hall–Kier alpha value is -3.61. The molecule has 2 aromatic carbocycles. The first-order valence-electron chi connectivity index (χ1n) is 7.09. The van der Waals surface area contributed by atoms with E-state index in [1.165, 1.54) is 0 Å².